The maximum Gasteiger partial charge on any atom is 0.347 e. The van der Waals surface area contributed by atoms with Crippen molar-refractivity contribution >= 4 is 11.9 Å². The second-order valence-electron chi connectivity index (χ2n) is 4.68. The molecule has 0 spiro atoms. The molecule has 1 saturated heterocycles. The molecule has 5 nitrogen and oxygen atoms in total. The minimum atomic E-state index is -0.746. The second kappa shape index (κ2) is 5.49. The fourth-order valence-corrected chi connectivity index (χ4v) is 2.25. The summed E-state index contributed by atoms with van der Waals surface area (Å²) in [6.07, 6.45) is 4.04. The highest BCUT2D eigenvalue weighted by Crippen LogP contribution is 2.21. The highest BCUT2D eigenvalue weighted by molar-refractivity contribution is 5.81. The Morgan fingerprint density at radius 2 is 2.12 bits per heavy atom. The minimum Gasteiger partial charge on any atom is -0.460 e. The molecule has 0 unspecified atom stereocenters. The van der Waals surface area contributed by atoms with Crippen molar-refractivity contribution in [2.24, 2.45) is 0 Å². The third-order valence-corrected chi connectivity index (χ3v) is 3.14. The van der Waals surface area contributed by atoms with E-state index in [9.17, 15) is 9.59 Å². The van der Waals surface area contributed by atoms with Gasteiger partial charge in [0.1, 0.15) is 12.7 Å². The van der Waals surface area contributed by atoms with Gasteiger partial charge in [-0.25, -0.2) is 9.59 Å². The Hall–Kier alpha value is -1.10. The van der Waals surface area contributed by atoms with Crippen LogP contribution in [0.25, 0.3) is 0 Å². The van der Waals surface area contributed by atoms with Crippen molar-refractivity contribution in [1.82, 2.24) is 0 Å². The van der Waals surface area contributed by atoms with E-state index in [0.717, 1.165) is 25.7 Å². The molecule has 2 aliphatic rings. The lowest BCUT2D eigenvalue weighted by Crippen LogP contribution is -2.26. The topological polar surface area (TPSA) is 61.8 Å². The van der Waals surface area contributed by atoms with Crippen LogP contribution in [0.5, 0.6) is 0 Å². The van der Waals surface area contributed by atoms with Gasteiger partial charge in [-0.1, -0.05) is 12.8 Å². The molecule has 1 heterocycles. The predicted molar refractivity (Wildman–Crippen MR) is 58.3 cm³/mol. The van der Waals surface area contributed by atoms with Crippen molar-refractivity contribution in [3.05, 3.63) is 0 Å². The highest BCUT2D eigenvalue weighted by atomic mass is 16.6. The van der Waals surface area contributed by atoms with E-state index in [1.807, 2.05) is 0 Å². The number of cyclic esters (lactones) is 1. The zero-order chi connectivity index (χ0) is 12.3. The number of carbonyl (C=O) groups excluding carboxylic acids is 2. The summed E-state index contributed by atoms with van der Waals surface area (Å²) in [6, 6.07) is 0. The van der Waals surface area contributed by atoms with Gasteiger partial charge < -0.3 is 14.2 Å². The molecule has 2 fully saturated rings. The fourth-order valence-electron chi connectivity index (χ4n) is 2.25. The molecule has 0 aromatic heterocycles. The average molecular weight is 242 g/mol. The monoisotopic (exact) mass is 242 g/mol. The van der Waals surface area contributed by atoms with Gasteiger partial charge >= 0.3 is 11.9 Å². The molecule has 0 aromatic rings. The van der Waals surface area contributed by atoms with Gasteiger partial charge in [0.15, 0.2) is 0 Å². The lowest BCUT2D eigenvalue weighted by molar-refractivity contribution is -0.165. The van der Waals surface area contributed by atoms with Gasteiger partial charge in [0, 0.05) is 6.42 Å². The van der Waals surface area contributed by atoms with Crippen LogP contribution in [-0.4, -0.2) is 36.9 Å². The van der Waals surface area contributed by atoms with Crippen molar-refractivity contribution in [3.8, 4) is 0 Å². The summed E-state index contributed by atoms with van der Waals surface area (Å²) in [6.45, 7) is 1.71. The smallest absolute Gasteiger partial charge is 0.347 e. The number of hydrogen-bond donors (Lipinski definition) is 0. The van der Waals surface area contributed by atoms with Gasteiger partial charge in [-0.15, -0.1) is 0 Å². The standard InChI is InChI=1S/C12H18O5/c1-8-6-10(12(14)16-8)17-11(13)7-15-9-4-2-3-5-9/h8-10H,2-7H2,1H3/t8-,10-/m1/s1. The van der Waals surface area contributed by atoms with E-state index in [1.165, 1.54) is 0 Å². The summed E-state index contributed by atoms with van der Waals surface area (Å²) in [5, 5.41) is 0. The molecule has 0 radical (unpaired) electrons. The molecule has 0 bridgehead atoms. The van der Waals surface area contributed by atoms with Crippen LogP contribution >= 0.6 is 0 Å². The van der Waals surface area contributed by atoms with Gasteiger partial charge in [-0.2, -0.15) is 0 Å². The Morgan fingerprint density at radius 1 is 1.41 bits per heavy atom. The van der Waals surface area contributed by atoms with Crippen LogP contribution in [0.1, 0.15) is 39.0 Å². The van der Waals surface area contributed by atoms with E-state index < -0.39 is 18.0 Å². The molecule has 0 aromatic carbocycles. The van der Waals surface area contributed by atoms with E-state index in [1.54, 1.807) is 6.92 Å². The van der Waals surface area contributed by atoms with Crippen LogP contribution in [-0.2, 0) is 23.8 Å². The summed E-state index contributed by atoms with van der Waals surface area (Å²) in [5.74, 6) is -0.931. The zero-order valence-electron chi connectivity index (χ0n) is 10.0. The molecule has 2 rings (SSSR count). The molecule has 17 heavy (non-hydrogen) atoms. The first-order chi connectivity index (χ1) is 8.15. The molecule has 1 aliphatic heterocycles. The van der Waals surface area contributed by atoms with Crippen LogP contribution in [0.3, 0.4) is 0 Å². The van der Waals surface area contributed by atoms with E-state index in [2.05, 4.69) is 0 Å². The molecule has 0 N–H and O–H groups in total. The minimum absolute atomic E-state index is 0.0666. The van der Waals surface area contributed by atoms with Crippen LogP contribution < -0.4 is 0 Å². The lowest BCUT2D eigenvalue weighted by Gasteiger charge is -2.12. The van der Waals surface area contributed by atoms with Crippen molar-refractivity contribution in [3.63, 3.8) is 0 Å². The van der Waals surface area contributed by atoms with Gasteiger partial charge in [0.2, 0.25) is 6.10 Å². The number of carbonyl (C=O) groups is 2. The Balaban J connectivity index is 1.68. The van der Waals surface area contributed by atoms with Gasteiger partial charge in [0.25, 0.3) is 0 Å². The van der Waals surface area contributed by atoms with Crippen molar-refractivity contribution < 1.29 is 23.8 Å². The van der Waals surface area contributed by atoms with E-state index in [4.69, 9.17) is 14.2 Å². The number of hydrogen-bond acceptors (Lipinski definition) is 5. The predicted octanol–water partition coefficient (Wildman–Crippen LogP) is 1.19. The summed E-state index contributed by atoms with van der Waals surface area (Å²) in [4.78, 5) is 22.7. The van der Waals surface area contributed by atoms with E-state index >= 15 is 0 Å². The first-order valence-corrected chi connectivity index (χ1v) is 6.16. The van der Waals surface area contributed by atoms with Gasteiger partial charge in [-0.3, -0.25) is 0 Å². The molecular weight excluding hydrogens is 224 g/mol. The highest BCUT2D eigenvalue weighted by Gasteiger charge is 2.35. The first-order valence-electron chi connectivity index (χ1n) is 6.16. The Labute approximate surface area is 100 Å². The summed E-state index contributed by atoms with van der Waals surface area (Å²) in [5.41, 5.74) is 0. The Bertz CT molecular complexity index is 295. The Kier molecular flexibility index (Phi) is 3.99. The first kappa shape index (κ1) is 12.4. The normalized spacial score (nSPS) is 29.4. The van der Waals surface area contributed by atoms with Crippen molar-refractivity contribution in [2.75, 3.05) is 6.61 Å². The summed E-state index contributed by atoms with van der Waals surface area (Å²) >= 11 is 0. The maximum atomic E-state index is 11.5. The molecule has 1 saturated carbocycles. The van der Waals surface area contributed by atoms with Crippen LogP contribution in [0.4, 0.5) is 0 Å². The van der Waals surface area contributed by atoms with E-state index in [0.29, 0.717) is 6.42 Å². The molecule has 1 aliphatic carbocycles. The molecule has 5 heteroatoms. The third-order valence-electron chi connectivity index (χ3n) is 3.14. The SMILES string of the molecule is C[C@@H]1C[C@@H](OC(=O)COC2CCCC2)C(=O)O1. The molecule has 96 valence electrons. The second-order valence-corrected chi connectivity index (χ2v) is 4.68. The van der Waals surface area contributed by atoms with Gasteiger partial charge in [0.05, 0.1) is 6.10 Å². The quantitative estimate of drug-likeness (QED) is 0.693. The number of esters is 2. The fraction of sp³-hybridized carbons (Fsp3) is 0.833. The third kappa shape index (κ3) is 3.43. The van der Waals surface area contributed by atoms with E-state index in [-0.39, 0.29) is 18.8 Å². The maximum absolute atomic E-state index is 11.5. The lowest BCUT2D eigenvalue weighted by atomic mass is 10.2. The van der Waals surface area contributed by atoms with Crippen molar-refractivity contribution in [1.29, 1.82) is 0 Å². The number of ether oxygens (including phenoxy) is 3. The molecule has 0 amide bonds. The van der Waals surface area contributed by atoms with Gasteiger partial charge in [-0.05, 0) is 19.8 Å². The van der Waals surface area contributed by atoms with Crippen LogP contribution in [0.2, 0.25) is 0 Å². The van der Waals surface area contributed by atoms with Crippen LogP contribution in [0, 0.1) is 0 Å². The molecular formula is C12H18O5. The average Bonchev–Trinajstić information content (AvgIpc) is 2.87. The van der Waals surface area contributed by atoms with Crippen LogP contribution in [0.15, 0.2) is 0 Å². The summed E-state index contributed by atoms with van der Waals surface area (Å²) in [7, 11) is 0. The number of rotatable bonds is 4. The molecule has 2 atom stereocenters. The largest absolute Gasteiger partial charge is 0.460 e. The summed E-state index contributed by atoms with van der Waals surface area (Å²) < 4.78 is 15.3. The Morgan fingerprint density at radius 3 is 2.71 bits per heavy atom. The van der Waals surface area contributed by atoms with Crippen molar-refractivity contribution in [2.45, 2.75) is 57.3 Å². The zero-order valence-corrected chi connectivity index (χ0v) is 10.0.